The van der Waals surface area contributed by atoms with Crippen LogP contribution in [0.3, 0.4) is 0 Å². The molecule has 0 aliphatic rings. The summed E-state index contributed by atoms with van der Waals surface area (Å²) in [7, 11) is 1.43. The van der Waals surface area contributed by atoms with Gasteiger partial charge in [-0.15, -0.1) is 0 Å². The van der Waals surface area contributed by atoms with Crippen LogP contribution < -0.4 is 10.9 Å². The van der Waals surface area contributed by atoms with E-state index in [-0.39, 0.29) is 11.0 Å². The van der Waals surface area contributed by atoms with E-state index in [0.717, 1.165) is 8.14 Å². The van der Waals surface area contributed by atoms with Gasteiger partial charge in [0, 0.05) is 16.8 Å². The predicted octanol–water partition coefficient (Wildman–Crippen LogP) is 0.755. The fourth-order valence-electron chi connectivity index (χ4n) is 2.13. The van der Waals surface area contributed by atoms with Gasteiger partial charge in [0.1, 0.15) is 23.0 Å². The lowest BCUT2D eigenvalue weighted by molar-refractivity contribution is -0.138. The molecule has 0 aromatic carbocycles. The van der Waals surface area contributed by atoms with E-state index in [1.165, 1.54) is 14.0 Å². The number of pyridine rings is 2. The predicted molar refractivity (Wildman–Crippen MR) is 90.7 cm³/mol. The Labute approximate surface area is 144 Å². The van der Waals surface area contributed by atoms with Crippen LogP contribution in [-0.4, -0.2) is 37.7 Å². The zero-order valence-electron chi connectivity index (χ0n) is 12.5. The summed E-state index contributed by atoms with van der Waals surface area (Å²) in [4.78, 5) is 39.5. The lowest BCUT2D eigenvalue weighted by Crippen LogP contribution is -2.41. The smallest absolute Gasteiger partial charge is 0.325 e. The van der Waals surface area contributed by atoms with Gasteiger partial charge in [0.15, 0.2) is 0 Å². The van der Waals surface area contributed by atoms with Crippen LogP contribution in [0.15, 0.2) is 11.0 Å². The van der Waals surface area contributed by atoms with Crippen molar-refractivity contribution < 1.29 is 19.8 Å². The average molecular weight is 431 g/mol. The van der Waals surface area contributed by atoms with E-state index >= 15 is 0 Å². The quantitative estimate of drug-likeness (QED) is 0.617. The molecule has 8 nitrogen and oxygen atoms in total. The van der Waals surface area contributed by atoms with Crippen molar-refractivity contribution in [3.8, 4) is 5.75 Å². The molecule has 0 spiro atoms. The summed E-state index contributed by atoms with van der Waals surface area (Å²) in [5.74, 6) is -2.69. The molecule has 2 rings (SSSR count). The number of carbonyl (C=O) groups excluding carboxylic acids is 1. The number of nitrogens with zero attached hydrogens (tertiary/aromatic N) is 2. The van der Waals surface area contributed by atoms with Crippen LogP contribution in [0, 0.1) is 10.5 Å². The number of aliphatic carboxylic acids is 1. The summed E-state index contributed by atoms with van der Waals surface area (Å²) in [5.41, 5.74) is -0.338. The number of carboxylic acids is 1. The van der Waals surface area contributed by atoms with Crippen molar-refractivity contribution in [1.29, 1.82) is 0 Å². The van der Waals surface area contributed by atoms with Gasteiger partial charge in [-0.2, -0.15) is 0 Å². The standard InChI is InChI=1S/C14H14IN3O5/c1-5-7(15)4-16-11-8(5)10(19)9(13(21)18(11)3)12(20)17-6(2)14(22)23/h4,6,19H,1-3H3,(H,17,20)(H,22,23). The minimum atomic E-state index is -1.25. The number of hydrogen-bond donors (Lipinski definition) is 3. The van der Waals surface area contributed by atoms with Crippen LogP contribution in [0.1, 0.15) is 22.8 Å². The third-order valence-corrected chi connectivity index (χ3v) is 4.60. The highest BCUT2D eigenvalue weighted by atomic mass is 127. The highest BCUT2D eigenvalue weighted by molar-refractivity contribution is 14.1. The summed E-state index contributed by atoms with van der Waals surface area (Å²) >= 11 is 2.03. The Morgan fingerprint density at radius 1 is 1.43 bits per heavy atom. The van der Waals surface area contributed by atoms with E-state index in [0.29, 0.717) is 5.56 Å². The molecular weight excluding hydrogens is 417 g/mol. The fraction of sp³-hybridized carbons (Fsp3) is 0.286. The molecule has 3 N–H and O–H groups in total. The van der Waals surface area contributed by atoms with Crippen LogP contribution in [-0.2, 0) is 11.8 Å². The summed E-state index contributed by atoms with van der Waals surface area (Å²) in [5, 5.41) is 21.7. The largest absolute Gasteiger partial charge is 0.506 e. The highest BCUT2D eigenvalue weighted by Gasteiger charge is 2.25. The number of fused-ring (bicyclic) bond motifs is 1. The number of aryl methyl sites for hydroxylation is 2. The van der Waals surface area contributed by atoms with Crippen molar-refractivity contribution >= 4 is 45.5 Å². The zero-order valence-corrected chi connectivity index (χ0v) is 14.7. The Bertz CT molecular complexity index is 890. The third-order valence-electron chi connectivity index (χ3n) is 3.51. The molecule has 1 amide bonds. The number of nitrogens with one attached hydrogen (secondary N) is 1. The first-order chi connectivity index (χ1) is 10.7. The Hall–Kier alpha value is -2.17. The first kappa shape index (κ1) is 17.2. The highest BCUT2D eigenvalue weighted by Crippen LogP contribution is 2.30. The normalized spacial score (nSPS) is 12.2. The number of aromatic nitrogens is 2. The molecule has 2 aromatic heterocycles. The molecular formula is C14H14IN3O5. The molecule has 0 saturated heterocycles. The monoisotopic (exact) mass is 431 g/mol. The van der Waals surface area contributed by atoms with Crippen LogP contribution in [0.25, 0.3) is 11.0 Å². The molecule has 9 heteroatoms. The van der Waals surface area contributed by atoms with Crippen LogP contribution in [0.2, 0.25) is 0 Å². The maximum atomic E-state index is 12.3. The van der Waals surface area contributed by atoms with E-state index < -0.39 is 34.8 Å². The van der Waals surface area contributed by atoms with Crippen molar-refractivity contribution in [3.63, 3.8) is 0 Å². The second-order valence-corrected chi connectivity index (χ2v) is 6.21. The number of amides is 1. The van der Waals surface area contributed by atoms with E-state index in [9.17, 15) is 19.5 Å². The van der Waals surface area contributed by atoms with E-state index in [2.05, 4.69) is 10.3 Å². The van der Waals surface area contributed by atoms with E-state index in [4.69, 9.17) is 5.11 Å². The maximum Gasteiger partial charge on any atom is 0.325 e. The van der Waals surface area contributed by atoms with Crippen LogP contribution in [0.5, 0.6) is 5.75 Å². The lowest BCUT2D eigenvalue weighted by atomic mass is 10.1. The van der Waals surface area contributed by atoms with Gasteiger partial charge < -0.3 is 15.5 Å². The number of aromatic hydroxyl groups is 1. The van der Waals surface area contributed by atoms with Crippen molar-refractivity contribution in [2.45, 2.75) is 19.9 Å². The molecule has 0 radical (unpaired) electrons. The molecule has 2 heterocycles. The fourth-order valence-corrected chi connectivity index (χ4v) is 2.54. The second kappa shape index (κ2) is 6.14. The molecule has 0 aliphatic carbocycles. The number of hydrogen-bond acceptors (Lipinski definition) is 5. The van der Waals surface area contributed by atoms with Crippen molar-refractivity contribution in [3.05, 3.63) is 31.2 Å². The first-order valence-electron chi connectivity index (χ1n) is 6.57. The maximum absolute atomic E-state index is 12.3. The minimum absolute atomic E-state index is 0.244. The SMILES string of the molecule is Cc1c(I)cnc2c1c(O)c(C(=O)NC(C)C(=O)O)c(=O)n2C. The first-order valence-corrected chi connectivity index (χ1v) is 7.65. The Kier molecular flexibility index (Phi) is 4.59. The molecule has 0 bridgehead atoms. The molecule has 23 heavy (non-hydrogen) atoms. The van der Waals surface area contributed by atoms with Gasteiger partial charge in [-0.25, -0.2) is 4.98 Å². The van der Waals surface area contributed by atoms with Gasteiger partial charge >= 0.3 is 5.97 Å². The van der Waals surface area contributed by atoms with Gasteiger partial charge in [-0.1, -0.05) is 0 Å². The van der Waals surface area contributed by atoms with Gasteiger partial charge in [0.2, 0.25) is 0 Å². The van der Waals surface area contributed by atoms with Crippen molar-refractivity contribution in [1.82, 2.24) is 14.9 Å². The van der Waals surface area contributed by atoms with Crippen molar-refractivity contribution in [2.75, 3.05) is 0 Å². The van der Waals surface area contributed by atoms with Gasteiger partial charge in [0.25, 0.3) is 11.5 Å². The molecule has 2 aromatic rings. The number of rotatable bonds is 3. The Morgan fingerprint density at radius 3 is 2.61 bits per heavy atom. The van der Waals surface area contributed by atoms with Gasteiger partial charge in [-0.05, 0) is 42.0 Å². The number of carboxylic acid groups (broad SMARTS) is 1. The van der Waals surface area contributed by atoms with Crippen LogP contribution >= 0.6 is 22.6 Å². The molecule has 1 atom stereocenters. The minimum Gasteiger partial charge on any atom is -0.506 e. The lowest BCUT2D eigenvalue weighted by Gasteiger charge is -2.14. The van der Waals surface area contributed by atoms with E-state index in [1.807, 2.05) is 22.6 Å². The summed E-state index contributed by atoms with van der Waals surface area (Å²) in [6.45, 7) is 3.00. The van der Waals surface area contributed by atoms with E-state index in [1.54, 1.807) is 13.1 Å². The molecule has 0 aliphatic heterocycles. The van der Waals surface area contributed by atoms with Gasteiger partial charge in [0.05, 0.1) is 5.39 Å². The zero-order chi connectivity index (χ0) is 17.5. The number of halogens is 1. The summed E-state index contributed by atoms with van der Waals surface area (Å²) in [6, 6.07) is -1.20. The Balaban J connectivity index is 2.75. The summed E-state index contributed by atoms with van der Waals surface area (Å²) in [6.07, 6.45) is 1.56. The molecule has 122 valence electrons. The second-order valence-electron chi connectivity index (χ2n) is 5.05. The average Bonchev–Trinajstić information content (AvgIpc) is 2.47. The van der Waals surface area contributed by atoms with Crippen LogP contribution in [0.4, 0.5) is 0 Å². The molecule has 0 saturated carbocycles. The topological polar surface area (TPSA) is 122 Å². The van der Waals surface area contributed by atoms with Crippen molar-refractivity contribution in [2.24, 2.45) is 7.05 Å². The third kappa shape index (κ3) is 2.87. The molecule has 1 unspecified atom stereocenters. The Morgan fingerprint density at radius 2 is 2.04 bits per heavy atom. The number of carbonyl (C=O) groups is 2. The molecule has 0 fully saturated rings. The van der Waals surface area contributed by atoms with Gasteiger partial charge in [-0.3, -0.25) is 19.0 Å². The summed E-state index contributed by atoms with van der Waals surface area (Å²) < 4.78 is 1.91.